The van der Waals surface area contributed by atoms with E-state index in [0.717, 1.165) is 19.3 Å². The zero-order chi connectivity index (χ0) is 16.8. The summed E-state index contributed by atoms with van der Waals surface area (Å²) < 4.78 is 0. The molecule has 0 aliphatic heterocycles. The Hall–Kier alpha value is -1.26. The molecule has 4 nitrogen and oxygen atoms in total. The van der Waals surface area contributed by atoms with Crippen LogP contribution in [-0.4, -0.2) is 18.4 Å². The van der Waals surface area contributed by atoms with E-state index in [4.69, 9.17) is 23.2 Å². The Morgan fingerprint density at radius 2 is 1.82 bits per heavy atom. The van der Waals surface area contributed by atoms with Crippen molar-refractivity contribution in [2.45, 2.75) is 40.0 Å². The number of amides is 2. The first-order chi connectivity index (χ1) is 10.3. The van der Waals surface area contributed by atoms with Gasteiger partial charge in [0.15, 0.2) is 0 Å². The van der Waals surface area contributed by atoms with Crippen LogP contribution in [0.5, 0.6) is 0 Å². The van der Waals surface area contributed by atoms with Crippen LogP contribution >= 0.6 is 23.2 Å². The Morgan fingerprint density at radius 1 is 1.14 bits per heavy atom. The summed E-state index contributed by atoms with van der Waals surface area (Å²) in [7, 11) is 0. The van der Waals surface area contributed by atoms with E-state index >= 15 is 0 Å². The summed E-state index contributed by atoms with van der Waals surface area (Å²) in [6, 6.07) is 4.78. The standard InChI is InChI=1S/C16H22Cl2N2O2/c1-4-5-6-9-19-14(21)16(2,3)15(22)20-13-10-11(17)7-8-12(13)18/h7-8,10H,4-6,9H2,1-3H3,(H,19,21)(H,20,22). The molecule has 0 unspecified atom stereocenters. The highest BCUT2D eigenvalue weighted by Gasteiger charge is 2.36. The Labute approximate surface area is 141 Å². The number of halogens is 2. The Kier molecular flexibility index (Phi) is 7.17. The number of hydrogen-bond acceptors (Lipinski definition) is 2. The second-order valence-corrected chi connectivity index (χ2v) is 6.51. The van der Waals surface area contributed by atoms with Crippen molar-refractivity contribution in [2.24, 2.45) is 5.41 Å². The van der Waals surface area contributed by atoms with Crippen LogP contribution in [0.15, 0.2) is 18.2 Å². The molecule has 0 spiro atoms. The topological polar surface area (TPSA) is 58.2 Å². The molecule has 0 aliphatic carbocycles. The lowest BCUT2D eigenvalue weighted by atomic mass is 9.91. The molecule has 1 rings (SSSR count). The fraction of sp³-hybridized carbons (Fsp3) is 0.500. The second-order valence-electron chi connectivity index (χ2n) is 5.67. The third kappa shape index (κ3) is 5.18. The quantitative estimate of drug-likeness (QED) is 0.573. The molecule has 0 bridgehead atoms. The van der Waals surface area contributed by atoms with Gasteiger partial charge in [-0.2, -0.15) is 0 Å². The number of carbonyl (C=O) groups excluding carboxylic acids is 2. The highest BCUT2D eigenvalue weighted by Crippen LogP contribution is 2.27. The zero-order valence-corrected chi connectivity index (χ0v) is 14.6. The summed E-state index contributed by atoms with van der Waals surface area (Å²) in [5.41, 5.74) is -0.802. The van der Waals surface area contributed by atoms with Gasteiger partial charge >= 0.3 is 0 Å². The van der Waals surface area contributed by atoms with Crippen molar-refractivity contribution < 1.29 is 9.59 Å². The van der Waals surface area contributed by atoms with Crippen LogP contribution in [0, 0.1) is 5.41 Å². The number of rotatable bonds is 7. The van der Waals surface area contributed by atoms with Gasteiger partial charge in [-0.15, -0.1) is 0 Å². The maximum Gasteiger partial charge on any atom is 0.239 e. The molecule has 0 aromatic heterocycles. The lowest BCUT2D eigenvalue weighted by Gasteiger charge is -2.23. The number of unbranched alkanes of at least 4 members (excludes halogenated alkanes) is 2. The van der Waals surface area contributed by atoms with Crippen LogP contribution in [0.3, 0.4) is 0 Å². The molecule has 0 heterocycles. The van der Waals surface area contributed by atoms with Gasteiger partial charge in [-0.1, -0.05) is 43.0 Å². The smallest absolute Gasteiger partial charge is 0.239 e. The predicted octanol–water partition coefficient (Wildman–Crippen LogP) is 4.26. The molecule has 0 saturated heterocycles. The van der Waals surface area contributed by atoms with Gasteiger partial charge in [0.2, 0.25) is 11.8 Å². The first-order valence-electron chi connectivity index (χ1n) is 7.33. The van der Waals surface area contributed by atoms with Gasteiger partial charge in [0.25, 0.3) is 0 Å². The van der Waals surface area contributed by atoms with E-state index in [1.807, 2.05) is 0 Å². The molecular weight excluding hydrogens is 323 g/mol. The molecule has 0 saturated carbocycles. The Bertz CT molecular complexity index is 545. The van der Waals surface area contributed by atoms with E-state index in [1.54, 1.807) is 32.0 Å². The van der Waals surface area contributed by atoms with Crippen LogP contribution in [0.25, 0.3) is 0 Å². The van der Waals surface area contributed by atoms with Crippen molar-refractivity contribution in [3.8, 4) is 0 Å². The van der Waals surface area contributed by atoms with Gasteiger partial charge in [-0.05, 0) is 38.5 Å². The predicted molar refractivity (Wildman–Crippen MR) is 91.4 cm³/mol. The minimum atomic E-state index is -1.20. The highest BCUT2D eigenvalue weighted by molar-refractivity contribution is 6.35. The SMILES string of the molecule is CCCCCNC(=O)C(C)(C)C(=O)Nc1cc(Cl)ccc1Cl. The molecule has 2 amide bonds. The van der Waals surface area contributed by atoms with Crippen molar-refractivity contribution in [3.05, 3.63) is 28.2 Å². The van der Waals surface area contributed by atoms with Gasteiger partial charge in [0, 0.05) is 11.6 Å². The summed E-state index contributed by atoms with van der Waals surface area (Å²) in [5.74, 6) is -0.732. The summed E-state index contributed by atoms with van der Waals surface area (Å²) in [6.07, 6.45) is 3.03. The molecule has 0 aliphatic rings. The van der Waals surface area contributed by atoms with Crippen molar-refractivity contribution in [2.75, 3.05) is 11.9 Å². The maximum absolute atomic E-state index is 12.4. The third-order valence-corrected chi connectivity index (χ3v) is 3.94. The highest BCUT2D eigenvalue weighted by atomic mass is 35.5. The van der Waals surface area contributed by atoms with Crippen LogP contribution in [0.1, 0.15) is 40.0 Å². The molecule has 0 radical (unpaired) electrons. The average Bonchev–Trinajstić information content (AvgIpc) is 2.47. The first kappa shape index (κ1) is 18.8. The second kappa shape index (κ2) is 8.39. The summed E-state index contributed by atoms with van der Waals surface area (Å²) in [4.78, 5) is 24.5. The van der Waals surface area contributed by atoms with E-state index in [1.165, 1.54) is 0 Å². The van der Waals surface area contributed by atoms with E-state index < -0.39 is 11.3 Å². The molecule has 6 heteroatoms. The Balaban J connectivity index is 2.69. The van der Waals surface area contributed by atoms with Crippen molar-refractivity contribution in [3.63, 3.8) is 0 Å². The normalized spacial score (nSPS) is 11.1. The van der Waals surface area contributed by atoms with Crippen LogP contribution in [0.4, 0.5) is 5.69 Å². The number of anilines is 1. The van der Waals surface area contributed by atoms with Crippen LogP contribution < -0.4 is 10.6 Å². The molecule has 22 heavy (non-hydrogen) atoms. The van der Waals surface area contributed by atoms with Crippen LogP contribution in [0.2, 0.25) is 10.0 Å². The molecule has 0 atom stereocenters. The number of benzene rings is 1. The fourth-order valence-corrected chi connectivity index (χ4v) is 2.11. The molecule has 122 valence electrons. The van der Waals surface area contributed by atoms with Crippen molar-refractivity contribution in [1.29, 1.82) is 0 Å². The minimum absolute atomic E-state index is 0.306. The average molecular weight is 345 g/mol. The third-order valence-electron chi connectivity index (χ3n) is 3.38. The van der Waals surface area contributed by atoms with E-state index in [0.29, 0.717) is 22.3 Å². The molecule has 1 aromatic rings. The van der Waals surface area contributed by atoms with Crippen molar-refractivity contribution in [1.82, 2.24) is 5.32 Å². The summed E-state index contributed by atoms with van der Waals surface area (Å²) >= 11 is 11.9. The first-order valence-corrected chi connectivity index (χ1v) is 8.09. The molecule has 0 fully saturated rings. The van der Waals surface area contributed by atoms with E-state index in [9.17, 15) is 9.59 Å². The lowest BCUT2D eigenvalue weighted by Crippen LogP contribution is -2.45. The molecular formula is C16H22Cl2N2O2. The maximum atomic E-state index is 12.4. The number of hydrogen-bond donors (Lipinski definition) is 2. The van der Waals surface area contributed by atoms with Gasteiger partial charge in [-0.25, -0.2) is 0 Å². The van der Waals surface area contributed by atoms with E-state index in [2.05, 4.69) is 17.6 Å². The van der Waals surface area contributed by atoms with E-state index in [-0.39, 0.29) is 5.91 Å². The van der Waals surface area contributed by atoms with Gasteiger partial charge in [0.05, 0.1) is 10.7 Å². The van der Waals surface area contributed by atoms with Crippen molar-refractivity contribution >= 4 is 40.7 Å². The summed E-state index contributed by atoms with van der Waals surface area (Å²) in [5, 5.41) is 6.28. The fourth-order valence-electron chi connectivity index (χ4n) is 1.77. The Morgan fingerprint density at radius 3 is 2.45 bits per heavy atom. The lowest BCUT2D eigenvalue weighted by molar-refractivity contribution is -0.138. The van der Waals surface area contributed by atoms with Gasteiger partial charge in [0.1, 0.15) is 5.41 Å². The largest absolute Gasteiger partial charge is 0.355 e. The number of nitrogens with one attached hydrogen (secondary N) is 2. The van der Waals surface area contributed by atoms with Gasteiger partial charge < -0.3 is 10.6 Å². The minimum Gasteiger partial charge on any atom is -0.355 e. The zero-order valence-electron chi connectivity index (χ0n) is 13.1. The monoisotopic (exact) mass is 344 g/mol. The molecule has 1 aromatic carbocycles. The number of carbonyl (C=O) groups is 2. The van der Waals surface area contributed by atoms with Gasteiger partial charge in [-0.3, -0.25) is 9.59 Å². The molecule has 2 N–H and O–H groups in total. The summed E-state index contributed by atoms with van der Waals surface area (Å²) in [6.45, 7) is 5.82. The van der Waals surface area contributed by atoms with Crippen LogP contribution in [-0.2, 0) is 9.59 Å².